The lowest BCUT2D eigenvalue weighted by Gasteiger charge is -2.23. The molecule has 0 spiro atoms. The van der Waals surface area contributed by atoms with Gasteiger partial charge in [-0.1, -0.05) is 11.6 Å². The Balaban J connectivity index is 1.88. The standard InChI is InChI=1S/C12H17ClN2O/c13-11-6-10(14)3-4-12(11)15-7-9-2-1-5-16-8-9/h3-4,6,9,15H,1-2,5,7-8,14H2. The van der Waals surface area contributed by atoms with Crippen LogP contribution in [-0.2, 0) is 4.74 Å². The van der Waals surface area contributed by atoms with E-state index in [1.54, 1.807) is 6.07 Å². The van der Waals surface area contributed by atoms with Crippen LogP contribution < -0.4 is 11.1 Å². The van der Waals surface area contributed by atoms with Crippen LogP contribution in [0.4, 0.5) is 11.4 Å². The summed E-state index contributed by atoms with van der Waals surface area (Å²) in [5.41, 5.74) is 7.27. The molecular formula is C12H17ClN2O. The van der Waals surface area contributed by atoms with Crippen molar-refractivity contribution in [2.24, 2.45) is 5.92 Å². The first-order valence-electron chi connectivity index (χ1n) is 5.62. The molecule has 0 radical (unpaired) electrons. The lowest BCUT2D eigenvalue weighted by Crippen LogP contribution is -2.24. The minimum absolute atomic E-state index is 0.586. The molecule has 1 heterocycles. The molecule has 1 aromatic rings. The van der Waals surface area contributed by atoms with Gasteiger partial charge in [-0.3, -0.25) is 0 Å². The monoisotopic (exact) mass is 240 g/mol. The number of hydrogen-bond donors (Lipinski definition) is 2. The van der Waals surface area contributed by atoms with Gasteiger partial charge in [0.05, 0.1) is 17.3 Å². The molecule has 0 amide bonds. The molecule has 1 aliphatic rings. The first kappa shape index (κ1) is 11.6. The van der Waals surface area contributed by atoms with Crippen LogP contribution >= 0.6 is 11.6 Å². The van der Waals surface area contributed by atoms with Gasteiger partial charge >= 0.3 is 0 Å². The summed E-state index contributed by atoms with van der Waals surface area (Å²) in [4.78, 5) is 0. The van der Waals surface area contributed by atoms with E-state index < -0.39 is 0 Å². The normalized spacial score (nSPS) is 20.7. The second-order valence-corrected chi connectivity index (χ2v) is 4.61. The lowest BCUT2D eigenvalue weighted by molar-refractivity contribution is 0.0595. The molecule has 0 bridgehead atoms. The molecule has 3 nitrogen and oxygen atoms in total. The van der Waals surface area contributed by atoms with Crippen molar-refractivity contribution in [1.29, 1.82) is 0 Å². The minimum Gasteiger partial charge on any atom is -0.399 e. The summed E-state index contributed by atoms with van der Waals surface area (Å²) >= 11 is 6.07. The van der Waals surface area contributed by atoms with Crippen molar-refractivity contribution in [3.8, 4) is 0 Å². The van der Waals surface area contributed by atoms with Crippen LogP contribution in [-0.4, -0.2) is 19.8 Å². The third-order valence-corrected chi connectivity index (χ3v) is 3.14. The molecule has 1 aromatic carbocycles. The lowest BCUT2D eigenvalue weighted by atomic mass is 10.0. The van der Waals surface area contributed by atoms with Crippen molar-refractivity contribution in [2.45, 2.75) is 12.8 Å². The molecule has 1 aliphatic heterocycles. The van der Waals surface area contributed by atoms with Crippen LogP contribution in [0.1, 0.15) is 12.8 Å². The highest BCUT2D eigenvalue weighted by molar-refractivity contribution is 6.33. The molecule has 2 rings (SSSR count). The van der Waals surface area contributed by atoms with Crippen LogP contribution in [0.3, 0.4) is 0 Å². The Kier molecular flexibility index (Phi) is 3.91. The zero-order valence-corrected chi connectivity index (χ0v) is 9.96. The number of halogens is 1. The largest absolute Gasteiger partial charge is 0.399 e. The van der Waals surface area contributed by atoms with E-state index in [-0.39, 0.29) is 0 Å². The van der Waals surface area contributed by atoms with Crippen LogP contribution in [0.5, 0.6) is 0 Å². The van der Waals surface area contributed by atoms with E-state index >= 15 is 0 Å². The van der Waals surface area contributed by atoms with E-state index in [0.29, 0.717) is 16.6 Å². The summed E-state index contributed by atoms with van der Waals surface area (Å²) in [5.74, 6) is 0.586. The Morgan fingerprint density at radius 3 is 3.06 bits per heavy atom. The molecule has 4 heteroatoms. The fourth-order valence-corrected chi connectivity index (χ4v) is 2.15. The van der Waals surface area contributed by atoms with Crippen LogP contribution in [0.25, 0.3) is 0 Å². The Hall–Kier alpha value is -0.930. The van der Waals surface area contributed by atoms with Gasteiger partial charge in [-0.2, -0.15) is 0 Å². The van der Waals surface area contributed by atoms with E-state index in [0.717, 1.165) is 31.9 Å². The van der Waals surface area contributed by atoms with Gasteiger partial charge in [0.15, 0.2) is 0 Å². The predicted octanol–water partition coefficient (Wildman–Crippen LogP) is 2.76. The number of ether oxygens (including phenoxy) is 1. The molecule has 1 fully saturated rings. The molecule has 16 heavy (non-hydrogen) atoms. The molecule has 1 unspecified atom stereocenters. The third-order valence-electron chi connectivity index (χ3n) is 2.83. The second-order valence-electron chi connectivity index (χ2n) is 4.20. The topological polar surface area (TPSA) is 47.3 Å². The van der Waals surface area contributed by atoms with Crippen LogP contribution in [0, 0.1) is 5.92 Å². The van der Waals surface area contributed by atoms with Crippen molar-refractivity contribution < 1.29 is 4.74 Å². The van der Waals surface area contributed by atoms with Gasteiger partial charge in [0.2, 0.25) is 0 Å². The quantitative estimate of drug-likeness (QED) is 0.799. The van der Waals surface area contributed by atoms with Crippen molar-refractivity contribution in [3.63, 3.8) is 0 Å². The van der Waals surface area contributed by atoms with Gasteiger partial charge < -0.3 is 15.8 Å². The molecule has 1 saturated heterocycles. The number of hydrogen-bond acceptors (Lipinski definition) is 3. The van der Waals surface area contributed by atoms with Gasteiger partial charge in [0.25, 0.3) is 0 Å². The van der Waals surface area contributed by atoms with E-state index in [4.69, 9.17) is 22.1 Å². The second kappa shape index (κ2) is 5.41. The summed E-state index contributed by atoms with van der Waals surface area (Å²) in [5, 5.41) is 4.02. The number of nitrogens with one attached hydrogen (secondary N) is 1. The maximum atomic E-state index is 6.07. The molecule has 1 atom stereocenters. The Bertz CT molecular complexity index is 351. The molecule has 0 aromatic heterocycles. The summed E-state index contributed by atoms with van der Waals surface area (Å²) in [6.07, 6.45) is 2.38. The Labute approximate surface area is 101 Å². The number of benzene rings is 1. The van der Waals surface area contributed by atoms with Crippen molar-refractivity contribution >= 4 is 23.0 Å². The highest BCUT2D eigenvalue weighted by atomic mass is 35.5. The average molecular weight is 241 g/mol. The Morgan fingerprint density at radius 2 is 2.38 bits per heavy atom. The van der Waals surface area contributed by atoms with E-state index in [1.807, 2.05) is 12.1 Å². The van der Waals surface area contributed by atoms with E-state index in [1.165, 1.54) is 6.42 Å². The number of rotatable bonds is 3. The minimum atomic E-state index is 0.586. The number of anilines is 2. The van der Waals surface area contributed by atoms with Crippen molar-refractivity contribution in [3.05, 3.63) is 23.2 Å². The van der Waals surface area contributed by atoms with Gasteiger partial charge in [0.1, 0.15) is 0 Å². The molecule has 3 N–H and O–H groups in total. The van der Waals surface area contributed by atoms with Gasteiger partial charge in [-0.15, -0.1) is 0 Å². The Morgan fingerprint density at radius 1 is 1.50 bits per heavy atom. The predicted molar refractivity (Wildman–Crippen MR) is 67.9 cm³/mol. The summed E-state index contributed by atoms with van der Waals surface area (Å²) in [6.45, 7) is 2.66. The van der Waals surface area contributed by atoms with E-state index in [2.05, 4.69) is 5.32 Å². The zero-order chi connectivity index (χ0) is 11.4. The molecule has 0 aliphatic carbocycles. The zero-order valence-electron chi connectivity index (χ0n) is 9.21. The number of nitrogen functional groups attached to an aromatic ring is 1. The first-order valence-corrected chi connectivity index (χ1v) is 6.00. The maximum absolute atomic E-state index is 6.07. The maximum Gasteiger partial charge on any atom is 0.0657 e. The molecule has 88 valence electrons. The highest BCUT2D eigenvalue weighted by Crippen LogP contribution is 2.25. The average Bonchev–Trinajstić information content (AvgIpc) is 2.29. The van der Waals surface area contributed by atoms with Crippen LogP contribution in [0.2, 0.25) is 5.02 Å². The smallest absolute Gasteiger partial charge is 0.0657 e. The first-order chi connectivity index (χ1) is 7.75. The fraction of sp³-hybridized carbons (Fsp3) is 0.500. The van der Waals surface area contributed by atoms with Crippen molar-refractivity contribution in [2.75, 3.05) is 30.8 Å². The van der Waals surface area contributed by atoms with E-state index in [9.17, 15) is 0 Å². The van der Waals surface area contributed by atoms with Crippen LogP contribution in [0.15, 0.2) is 18.2 Å². The molecule has 0 saturated carbocycles. The van der Waals surface area contributed by atoms with Crippen molar-refractivity contribution in [1.82, 2.24) is 0 Å². The highest BCUT2D eigenvalue weighted by Gasteiger charge is 2.13. The summed E-state index contributed by atoms with van der Waals surface area (Å²) < 4.78 is 5.43. The molecular weight excluding hydrogens is 224 g/mol. The SMILES string of the molecule is Nc1ccc(NCC2CCCOC2)c(Cl)c1. The van der Waals surface area contributed by atoms with Gasteiger partial charge in [-0.25, -0.2) is 0 Å². The third kappa shape index (κ3) is 3.03. The summed E-state index contributed by atoms with van der Waals surface area (Å²) in [6, 6.07) is 5.54. The summed E-state index contributed by atoms with van der Waals surface area (Å²) in [7, 11) is 0. The number of nitrogens with two attached hydrogens (primary N) is 1. The fourth-order valence-electron chi connectivity index (χ4n) is 1.90. The van der Waals surface area contributed by atoms with Gasteiger partial charge in [-0.05, 0) is 37.0 Å². The van der Waals surface area contributed by atoms with Gasteiger partial charge in [0, 0.05) is 18.8 Å².